The van der Waals surface area contributed by atoms with E-state index in [2.05, 4.69) is 46.9 Å². The van der Waals surface area contributed by atoms with Gasteiger partial charge in [0.05, 0.1) is 25.3 Å². The average Bonchev–Trinajstić information content (AvgIpc) is 3.02. The van der Waals surface area contributed by atoms with Gasteiger partial charge in [-0.1, -0.05) is 43.3 Å². The number of rotatable bonds is 12. The molecule has 238 valence electrons. The predicted octanol–water partition coefficient (Wildman–Crippen LogP) is 5.02. The van der Waals surface area contributed by atoms with E-state index < -0.39 is 6.09 Å². The number of nitrogens with one attached hydrogen (secondary N) is 2. The van der Waals surface area contributed by atoms with E-state index in [1.807, 2.05) is 19.9 Å². The van der Waals surface area contributed by atoms with Crippen molar-refractivity contribution in [3.05, 3.63) is 64.7 Å². The van der Waals surface area contributed by atoms with Gasteiger partial charge >= 0.3 is 6.09 Å². The van der Waals surface area contributed by atoms with Crippen LogP contribution in [0.5, 0.6) is 5.75 Å². The van der Waals surface area contributed by atoms with Crippen LogP contribution in [-0.4, -0.2) is 80.4 Å². The van der Waals surface area contributed by atoms with Crippen LogP contribution in [-0.2, 0) is 4.74 Å². The van der Waals surface area contributed by atoms with Gasteiger partial charge in [0.15, 0.2) is 5.75 Å². The summed E-state index contributed by atoms with van der Waals surface area (Å²) in [6.07, 6.45) is 13.2. The van der Waals surface area contributed by atoms with Gasteiger partial charge in [0.1, 0.15) is 0 Å². The lowest BCUT2D eigenvalue weighted by Gasteiger charge is -2.32. The average molecular weight is 620 g/mol. The fraction of sp³-hybridized carbons (Fsp3) is 0.548. The van der Waals surface area contributed by atoms with Crippen molar-refractivity contribution < 1.29 is 18.7 Å². The molecule has 0 aliphatic carbocycles. The number of carbonyl (C=O) groups is 1. The predicted molar refractivity (Wildman–Crippen MR) is 171 cm³/mol. The highest BCUT2D eigenvalue weighted by molar-refractivity contribution is 6.31. The largest absolute Gasteiger partial charge is 0.453 e. The molecular formula is C31H47ClFN7O3. The molecule has 12 heteroatoms. The molecule has 2 fully saturated rings. The van der Waals surface area contributed by atoms with Crippen LogP contribution in [0.4, 0.5) is 15.1 Å². The Morgan fingerprint density at radius 3 is 2.47 bits per heavy atom. The fourth-order valence-electron chi connectivity index (χ4n) is 4.53. The van der Waals surface area contributed by atoms with E-state index in [1.165, 1.54) is 20.1 Å². The Morgan fingerprint density at radius 1 is 1.19 bits per heavy atom. The topological polar surface area (TPSA) is 118 Å². The lowest BCUT2D eigenvalue weighted by atomic mass is 9.96. The summed E-state index contributed by atoms with van der Waals surface area (Å²) < 4.78 is 23.4. The van der Waals surface area contributed by atoms with E-state index in [-0.39, 0.29) is 11.7 Å². The summed E-state index contributed by atoms with van der Waals surface area (Å²) in [4.78, 5) is 24.7. The first-order valence-electron chi connectivity index (χ1n) is 14.9. The first kappa shape index (κ1) is 35.8. The molecule has 0 spiro atoms. The van der Waals surface area contributed by atoms with Crippen LogP contribution in [0.3, 0.4) is 0 Å². The number of anilines is 1. The summed E-state index contributed by atoms with van der Waals surface area (Å²) in [5.41, 5.74) is 10.2. The van der Waals surface area contributed by atoms with Crippen LogP contribution >= 0.6 is 11.6 Å². The maximum atomic E-state index is 13.1. The second kappa shape index (κ2) is 20.5. The van der Waals surface area contributed by atoms with Crippen LogP contribution < -0.4 is 26.0 Å². The first-order chi connectivity index (χ1) is 20.8. The molecule has 0 saturated carbocycles. The molecule has 1 amide bonds. The Hall–Kier alpha value is -3.37. The molecule has 4 N–H and O–H groups in total. The number of alkyl carbamates (subject to hydrolysis) is 1. The van der Waals surface area contributed by atoms with Crippen molar-refractivity contribution in [3.8, 4) is 5.75 Å². The van der Waals surface area contributed by atoms with Gasteiger partial charge < -0.3 is 30.7 Å². The van der Waals surface area contributed by atoms with Crippen molar-refractivity contribution in [1.82, 2.24) is 25.5 Å². The number of unbranched alkanes of at least 4 members (excludes halogenated alkanes) is 1. The number of hydrogen-bond acceptors (Lipinski definition) is 9. The molecule has 0 radical (unpaired) electrons. The number of amides is 1. The van der Waals surface area contributed by atoms with Gasteiger partial charge in [0.25, 0.3) is 0 Å². The maximum Gasteiger partial charge on any atom is 0.406 e. The Morgan fingerprint density at radius 2 is 1.84 bits per heavy atom. The van der Waals surface area contributed by atoms with Gasteiger partial charge in [-0.2, -0.15) is 0 Å². The van der Waals surface area contributed by atoms with E-state index in [9.17, 15) is 9.18 Å². The zero-order valence-corrected chi connectivity index (χ0v) is 26.6. The normalized spacial score (nSPS) is 16.9. The number of ether oxygens (including phenoxy) is 2. The Bertz CT molecular complexity index is 1130. The molecule has 0 bridgehead atoms. The van der Waals surface area contributed by atoms with E-state index in [0.29, 0.717) is 48.6 Å². The van der Waals surface area contributed by atoms with Gasteiger partial charge in [0.2, 0.25) is 11.8 Å². The lowest BCUT2D eigenvalue weighted by Crippen LogP contribution is -2.44. The lowest BCUT2D eigenvalue weighted by molar-refractivity contribution is 0.160. The molecule has 0 aromatic carbocycles. The third-order valence-electron chi connectivity index (χ3n) is 6.73. The number of nitrogens with two attached hydrogens (primary N) is 1. The highest BCUT2D eigenvalue weighted by Crippen LogP contribution is 2.19. The van der Waals surface area contributed by atoms with Gasteiger partial charge in [-0.05, 0) is 69.3 Å². The third kappa shape index (κ3) is 14.6. The quantitative estimate of drug-likeness (QED) is 0.128. The number of likely N-dealkylation sites (tertiary alicyclic amines) is 1. The van der Waals surface area contributed by atoms with Crippen LogP contribution in [0.15, 0.2) is 64.7 Å². The number of halogens is 2. The third-order valence-corrected chi connectivity index (χ3v) is 6.99. The molecule has 1 aromatic rings. The number of nitrogens with zero attached hydrogens (tertiary/aromatic N) is 4. The summed E-state index contributed by atoms with van der Waals surface area (Å²) in [6.45, 7) is 12.0. The number of carbonyl (C=O) groups excluding carboxylic acids is 1. The van der Waals surface area contributed by atoms with Crippen molar-refractivity contribution in [1.29, 1.82) is 0 Å². The highest BCUT2D eigenvalue weighted by Gasteiger charge is 2.20. The van der Waals surface area contributed by atoms with Crippen LogP contribution in [0.1, 0.15) is 46.5 Å². The smallest absolute Gasteiger partial charge is 0.406 e. The zero-order chi connectivity index (χ0) is 31.5. The molecule has 2 aliphatic heterocycles. The van der Waals surface area contributed by atoms with Crippen molar-refractivity contribution >= 4 is 23.6 Å². The van der Waals surface area contributed by atoms with E-state index in [1.54, 1.807) is 18.5 Å². The van der Waals surface area contributed by atoms with E-state index in [0.717, 1.165) is 57.7 Å². The number of piperidine rings is 1. The van der Waals surface area contributed by atoms with Crippen LogP contribution in [0, 0.1) is 5.92 Å². The molecule has 10 nitrogen and oxygen atoms in total. The van der Waals surface area contributed by atoms with Gasteiger partial charge in [0, 0.05) is 44.3 Å². The molecule has 3 rings (SSSR count). The van der Waals surface area contributed by atoms with Crippen molar-refractivity contribution in [2.75, 3.05) is 64.4 Å². The number of hydrogen-bond donors (Lipinski definition) is 3. The van der Waals surface area contributed by atoms with Gasteiger partial charge in [-0.25, -0.2) is 19.2 Å². The molecule has 0 atom stereocenters. The van der Waals surface area contributed by atoms with Crippen molar-refractivity contribution in [3.63, 3.8) is 0 Å². The summed E-state index contributed by atoms with van der Waals surface area (Å²) in [6, 6.07) is 0. The minimum Gasteiger partial charge on any atom is -0.453 e. The molecule has 1 aromatic heterocycles. The molecule has 3 heterocycles. The van der Waals surface area contributed by atoms with Crippen LogP contribution in [0.2, 0.25) is 0 Å². The second-order valence-corrected chi connectivity index (χ2v) is 10.4. The Balaban J connectivity index is 0.00000316. The SMILES string of the molecule is CC.COC(=O)NCC1CCN(C/C(C=C=C(N)Oc2cnc(N3CCNCC3)nc2)=C/CC/C=C(Cl)\C=C(/C)F)CC1. The van der Waals surface area contributed by atoms with Crippen molar-refractivity contribution in [2.45, 2.75) is 46.5 Å². The molecule has 2 aliphatic rings. The molecule has 0 unspecified atom stereocenters. The second-order valence-electron chi connectivity index (χ2n) is 9.98. The summed E-state index contributed by atoms with van der Waals surface area (Å²) in [7, 11) is 1.37. The zero-order valence-electron chi connectivity index (χ0n) is 25.9. The minimum atomic E-state index is -0.400. The first-order valence-corrected chi connectivity index (χ1v) is 15.3. The number of methoxy groups -OCH3 is 1. The Labute approximate surface area is 260 Å². The Kier molecular flexibility index (Phi) is 17.1. The van der Waals surface area contributed by atoms with Gasteiger partial charge in [-0.3, -0.25) is 4.90 Å². The van der Waals surface area contributed by atoms with Gasteiger partial charge in [-0.15, -0.1) is 0 Å². The molecular weight excluding hydrogens is 573 g/mol. The highest BCUT2D eigenvalue weighted by atomic mass is 35.5. The summed E-state index contributed by atoms with van der Waals surface area (Å²) in [5, 5.41) is 6.47. The summed E-state index contributed by atoms with van der Waals surface area (Å²) in [5.74, 6) is 1.29. The standard InChI is InChI=1S/C29H41ClFN7O3.C2H6/c1-22(31)17-25(30)6-4-3-5-24(21-37-13-9-23(10-14-37)18-36-29(39)40-2)7-8-27(32)41-26-19-34-28(35-20-26)38-15-11-33-12-16-38;1-2/h5-7,17,19-20,23,33H,3-4,9-16,18,21,32H2,1-2H3,(H,36,39);1-2H3/b22-17+,24-5+,25-6+;. The monoisotopic (exact) mass is 619 g/mol. The van der Waals surface area contributed by atoms with E-state index >= 15 is 0 Å². The number of aromatic nitrogens is 2. The maximum absolute atomic E-state index is 13.1. The fourth-order valence-corrected chi connectivity index (χ4v) is 4.78. The molecule has 43 heavy (non-hydrogen) atoms. The number of allylic oxidation sites excluding steroid dienone is 5. The summed E-state index contributed by atoms with van der Waals surface area (Å²) >= 11 is 6.06. The minimum absolute atomic E-state index is 0.105. The van der Waals surface area contributed by atoms with E-state index in [4.69, 9.17) is 22.1 Å². The van der Waals surface area contributed by atoms with Crippen LogP contribution in [0.25, 0.3) is 0 Å². The van der Waals surface area contributed by atoms with Crippen molar-refractivity contribution in [2.24, 2.45) is 11.7 Å². The molecule has 2 saturated heterocycles. The number of piperazine rings is 1.